The standard InChI is InChI=1S/C21H25N3O3/c1-27-19-8-3-2-6-17(19)21(26)23-11-9-15(10-12-23)14-24-20(25)13-16-5-4-7-18(16)22-24/h2-3,6,8,13,15H,4-5,7,9-12,14H2,1H3. The average Bonchev–Trinajstić information content (AvgIpc) is 3.15. The molecule has 0 saturated carbocycles. The molecule has 142 valence electrons. The molecule has 2 aliphatic rings. The van der Waals surface area contributed by atoms with Crippen LogP contribution in [0.25, 0.3) is 0 Å². The van der Waals surface area contributed by atoms with Crippen LogP contribution >= 0.6 is 0 Å². The molecule has 2 aromatic rings. The van der Waals surface area contributed by atoms with Gasteiger partial charge in [0.1, 0.15) is 5.75 Å². The van der Waals surface area contributed by atoms with Crippen molar-refractivity contribution < 1.29 is 9.53 Å². The van der Waals surface area contributed by atoms with E-state index in [4.69, 9.17) is 4.74 Å². The van der Waals surface area contributed by atoms with Crippen LogP contribution in [0.15, 0.2) is 35.1 Å². The van der Waals surface area contributed by atoms with Crippen molar-refractivity contribution in [2.24, 2.45) is 5.92 Å². The molecule has 0 spiro atoms. The number of benzene rings is 1. The first-order valence-corrected chi connectivity index (χ1v) is 9.68. The predicted molar refractivity (Wildman–Crippen MR) is 102 cm³/mol. The molecule has 1 saturated heterocycles. The highest BCUT2D eigenvalue weighted by Gasteiger charge is 2.26. The van der Waals surface area contributed by atoms with Gasteiger partial charge in [-0.3, -0.25) is 9.59 Å². The lowest BCUT2D eigenvalue weighted by molar-refractivity contribution is 0.0677. The zero-order valence-corrected chi connectivity index (χ0v) is 15.7. The number of aromatic nitrogens is 2. The molecule has 2 heterocycles. The van der Waals surface area contributed by atoms with Gasteiger partial charge in [-0.05, 0) is 55.7 Å². The normalized spacial score (nSPS) is 17.0. The number of hydrogen-bond donors (Lipinski definition) is 0. The molecule has 4 rings (SSSR count). The maximum atomic E-state index is 12.8. The van der Waals surface area contributed by atoms with E-state index in [1.54, 1.807) is 23.9 Å². The van der Waals surface area contributed by atoms with Crippen LogP contribution in [0.5, 0.6) is 5.75 Å². The van der Waals surface area contributed by atoms with Gasteiger partial charge in [0.25, 0.3) is 11.5 Å². The van der Waals surface area contributed by atoms with Crippen LogP contribution in [0.2, 0.25) is 0 Å². The fraction of sp³-hybridized carbons (Fsp3) is 0.476. The molecule has 1 aromatic carbocycles. The van der Waals surface area contributed by atoms with Gasteiger partial charge in [-0.25, -0.2) is 4.68 Å². The van der Waals surface area contributed by atoms with Crippen molar-refractivity contribution in [3.8, 4) is 5.75 Å². The van der Waals surface area contributed by atoms with Gasteiger partial charge in [0.05, 0.1) is 18.4 Å². The van der Waals surface area contributed by atoms with E-state index in [-0.39, 0.29) is 11.5 Å². The van der Waals surface area contributed by atoms with Crippen LogP contribution in [0.4, 0.5) is 0 Å². The summed E-state index contributed by atoms with van der Waals surface area (Å²) in [5, 5.41) is 4.58. The molecule has 0 unspecified atom stereocenters. The Morgan fingerprint density at radius 3 is 2.78 bits per heavy atom. The summed E-state index contributed by atoms with van der Waals surface area (Å²) in [7, 11) is 1.58. The van der Waals surface area contributed by atoms with Gasteiger partial charge < -0.3 is 9.64 Å². The van der Waals surface area contributed by atoms with Crippen LogP contribution in [-0.4, -0.2) is 40.8 Å². The lowest BCUT2D eigenvalue weighted by Gasteiger charge is -2.32. The monoisotopic (exact) mass is 367 g/mol. The zero-order valence-electron chi connectivity index (χ0n) is 15.7. The fourth-order valence-corrected chi connectivity index (χ4v) is 4.13. The molecule has 6 nitrogen and oxygen atoms in total. The lowest BCUT2D eigenvalue weighted by atomic mass is 9.96. The summed E-state index contributed by atoms with van der Waals surface area (Å²) in [6.07, 6.45) is 4.80. The molecule has 0 radical (unpaired) electrons. The molecule has 1 fully saturated rings. The minimum Gasteiger partial charge on any atom is -0.496 e. The highest BCUT2D eigenvalue weighted by molar-refractivity contribution is 5.97. The summed E-state index contributed by atoms with van der Waals surface area (Å²) in [5.41, 5.74) is 2.81. The van der Waals surface area contributed by atoms with Crippen LogP contribution in [0, 0.1) is 5.92 Å². The van der Waals surface area contributed by atoms with Gasteiger partial charge in [-0.2, -0.15) is 5.10 Å². The van der Waals surface area contributed by atoms with Crippen molar-refractivity contribution in [1.82, 2.24) is 14.7 Å². The van der Waals surface area contributed by atoms with Crippen LogP contribution in [-0.2, 0) is 19.4 Å². The van der Waals surface area contributed by atoms with Gasteiger partial charge in [0.2, 0.25) is 0 Å². The molecule has 1 aromatic heterocycles. The number of piperidine rings is 1. The number of methoxy groups -OCH3 is 1. The molecular weight excluding hydrogens is 342 g/mol. The van der Waals surface area contributed by atoms with Gasteiger partial charge in [-0.1, -0.05) is 12.1 Å². The van der Waals surface area contributed by atoms with Gasteiger partial charge in [-0.15, -0.1) is 0 Å². The van der Waals surface area contributed by atoms with E-state index >= 15 is 0 Å². The van der Waals surface area contributed by atoms with Gasteiger partial charge in [0.15, 0.2) is 0 Å². The molecule has 27 heavy (non-hydrogen) atoms. The van der Waals surface area contributed by atoms with Crippen molar-refractivity contribution >= 4 is 5.91 Å². The Kier molecular flexibility index (Phi) is 4.97. The number of hydrogen-bond acceptors (Lipinski definition) is 4. The number of ether oxygens (including phenoxy) is 1. The first-order valence-electron chi connectivity index (χ1n) is 9.68. The first-order chi connectivity index (χ1) is 13.2. The Morgan fingerprint density at radius 2 is 2.00 bits per heavy atom. The van der Waals surface area contributed by atoms with E-state index in [0.717, 1.165) is 43.4 Å². The zero-order chi connectivity index (χ0) is 18.8. The van der Waals surface area contributed by atoms with Crippen LogP contribution < -0.4 is 10.3 Å². The summed E-state index contributed by atoms with van der Waals surface area (Å²) >= 11 is 0. The number of aryl methyl sites for hydroxylation is 2. The lowest BCUT2D eigenvalue weighted by Crippen LogP contribution is -2.40. The molecule has 0 bridgehead atoms. The van der Waals surface area contributed by atoms with Crippen LogP contribution in [0.3, 0.4) is 0 Å². The minimum atomic E-state index is 0.00294. The number of likely N-dealkylation sites (tertiary alicyclic amines) is 1. The molecule has 1 amide bonds. The predicted octanol–water partition coefficient (Wildman–Crippen LogP) is 2.29. The second kappa shape index (κ2) is 7.55. The summed E-state index contributed by atoms with van der Waals surface area (Å²) < 4.78 is 6.94. The second-order valence-corrected chi connectivity index (χ2v) is 7.43. The molecular formula is C21H25N3O3. The SMILES string of the molecule is COc1ccccc1C(=O)N1CCC(Cn2nc3c(cc2=O)CCC3)CC1. The molecule has 6 heteroatoms. The molecule has 1 aliphatic heterocycles. The largest absolute Gasteiger partial charge is 0.496 e. The minimum absolute atomic E-state index is 0.00294. The Morgan fingerprint density at radius 1 is 1.22 bits per heavy atom. The number of para-hydroxylation sites is 1. The number of carbonyl (C=O) groups excluding carboxylic acids is 1. The van der Waals surface area contributed by atoms with E-state index in [1.165, 1.54) is 0 Å². The second-order valence-electron chi connectivity index (χ2n) is 7.43. The van der Waals surface area contributed by atoms with Crippen LogP contribution in [0.1, 0.15) is 40.9 Å². The Labute approximate surface area is 158 Å². The first kappa shape index (κ1) is 17.8. The quantitative estimate of drug-likeness (QED) is 0.832. The Bertz CT molecular complexity index is 898. The van der Waals surface area contributed by atoms with Crippen molar-refractivity contribution in [3.63, 3.8) is 0 Å². The van der Waals surface area contributed by atoms with Gasteiger partial charge >= 0.3 is 0 Å². The van der Waals surface area contributed by atoms with E-state index in [1.807, 2.05) is 23.1 Å². The third-order valence-electron chi connectivity index (χ3n) is 5.69. The smallest absolute Gasteiger partial charge is 0.267 e. The average molecular weight is 367 g/mol. The van der Waals surface area contributed by atoms with Crippen molar-refractivity contribution in [2.45, 2.75) is 38.6 Å². The summed E-state index contributed by atoms with van der Waals surface area (Å²) in [6, 6.07) is 9.10. The van der Waals surface area contributed by atoms with Crippen molar-refractivity contribution in [3.05, 3.63) is 57.5 Å². The van der Waals surface area contributed by atoms with E-state index in [2.05, 4.69) is 5.10 Å². The van der Waals surface area contributed by atoms with E-state index < -0.39 is 0 Å². The number of nitrogens with zero attached hydrogens (tertiary/aromatic N) is 3. The fourth-order valence-electron chi connectivity index (χ4n) is 4.13. The maximum Gasteiger partial charge on any atom is 0.267 e. The molecule has 0 atom stereocenters. The number of rotatable bonds is 4. The summed E-state index contributed by atoms with van der Waals surface area (Å²) in [4.78, 5) is 27.0. The third-order valence-corrected chi connectivity index (χ3v) is 5.69. The number of amides is 1. The number of fused-ring (bicyclic) bond motifs is 1. The Hall–Kier alpha value is -2.63. The molecule has 0 N–H and O–H groups in total. The van der Waals surface area contributed by atoms with Crippen molar-refractivity contribution in [1.29, 1.82) is 0 Å². The van der Waals surface area contributed by atoms with E-state index in [0.29, 0.717) is 36.9 Å². The summed E-state index contributed by atoms with van der Waals surface area (Å²) in [5.74, 6) is 0.994. The third kappa shape index (κ3) is 3.61. The topological polar surface area (TPSA) is 64.4 Å². The highest BCUT2D eigenvalue weighted by atomic mass is 16.5. The maximum absolute atomic E-state index is 12.8. The van der Waals surface area contributed by atoms with E-state index in [9.17, 15) is 9.59 Å². The highest BCUT2D eigenvalue weighted by Crippen LogP contribution is 2.24. The number of carbonyl (C=O) groups is 1. The van der Waals surface area contributed by atoms with Gasteiger partial charge in [0, 0.05) is 25.7 Å². The Balaban J connectivity index is 1.39. The van der Waals surface area contributed by atoms with Crippen molar-refractivity contribution in [2.75, 3.05) is 20.2 Å². The summed E-state index contributed by atoms with van der Waals surface area (Å²) in [6.45, 7) is 2.03. The molecule has 1 aliphatic carbocycles.